The van der Waals surface area contributed by atoms with Crippen molar-refractivity contribution in [2.45, 2.75) is 111 Å². The molecule has 3 heteroatoms. The van der Waals surface area contributed by atoms with Gasteiger partial charge in [0.25, 0.3) is 0 Å². The van der Waals surface area contributed by atoms with Gasteiger partial charge < -0.3 is 4.74 Å². The summed E-state index contributed by atoms with van der Waals surface area (Å²) in [6.45, 7) is 12.5. The van der Waals surface area contributed by atoms with Crippen LogP contribution in [0.1, 0.15) is 105 Å². The van der Waals surface area contributed by atoms with E-state index in [1.54, 1.807) is 0 Å². The fourth-order valence-corrected chi connectivity index (χ4v) is 10.7. The number of hydrogen-bond acceptors (Lipinski definition) is 2. The molecule has 1 spiro atoms. The number of ether oxygens (including phenoxy) is 1. The predicted octanol–water partition coefficient (Wildman–Crippen LogP) is 7.87. The Bertz CT molecular complexity index is 735. The van der Waals surface area contributed by atoms with Crippen molar-refractivity contribution in [3.05, 3.63) is 0 Å². The normalized spacial score (nSPS) is 49.7. The summed E-state index contributed by atoms with van der Waals surface area (Å²) in [6.07, 6.45) is 15.1. The van der Waals surface area contributed by atoms with Crippen LogP contribution in [0.5, 0.6) is 0 Å². The minimum Gasteiger partial charge on any atom is -0.461 e. The summed E-state index contributed by atoms with van der Waals surface area (Å²) < 4.78 is 6.17. The van der Waals surface area contributed by atoms with Crippen LogP contribution >= 0.6 is 11.6 Å². The van der Waals surface area contributed by atoms with E-state index < -0.39 is 0 Å². The van der Waals surface area contributed by atoms with Crippen molar-refractivity contribution in [2.24, 2.45) is 57.7 Å². The average Bonchev–Trinajstić information content (AvgIpc) is 3.26. The van der Waals surface area contributed by atoms with Crippen molar-refractivity contribution in [1.82, 2.24) is 0 Å². The molecule has 9 unspecified atom stereocenters. The van der Waals surface area contributed by atoms with E-state index in [0.29, 0.717) is 10.8 Å². The third kappa shape index (κ3) is 3.27. The fraction of sp³-hybridized carbons (Fsp3) is 0.966. The van der Waals surface area contributed by atoms with Crippen molar-refractivity contribution in [2.75, 3.05) is 5.88 Å². The zero-order valence-corrected chi connectivity index (χ0v) is 22.1. The summed E-state index contributed by atoms with van der Waals surface area (Å²) in [5.74, 6) is 5.56. The summed E-state index contributed by atoms with van der Waals surface area (Å²) >= 11 is 5.90. The van der Waals surface area contributed by atoms with E-state index in [9.17, 15) is 4.79 Å². The first-order valence-electron chi connectivity index (χ1n) is 13.9. The van der Waals surface area contributed by atoms with Gasteiger partial charge in [-0.2, -0.15) is 0 Å². The Hall–Kier alpha value is -0.240. The van der Waals surface area contributed by atoms with Crippen molar-refractivity contribution in [1.29, 1.82) is 0 Å². The highest BCUT2D eigenvalue weighted by Gasteiger charge is 2.78. The molecule has 5 aliphatic carbocycles. The summed E-state index contributed by atoms with van der Waals surface area (Å²) in [5.41, 5.74) is 1.15. The van der Waals surface area contributed by atoms with Crippen LogP contribution in [0, 0.1) is 57.7 Å². The number of carbonyl (C=O) groups is 1. The molecule has 0 amide bonds. The summed E-state index contributed by atoms with van der Waals surface area (Å²) in [7, 11) is 0. The van der Waals surface area contributed by atoms with Gasteiger partial charge in [-0.1, -0.05) is 53.9 Å². The topological polar surface area (TPSA) is 26.3 Å². The number of halogens is 1. The first kappa shape index (κ1) is 23.5. The van der Waals surface area contributed by atoms with Crippen LogP contribution in [0.2, 0.25) is 0 Å². The molecule has 0 N–H and O–H groups in total. The fourth-order valence-electron chi connectivity index (χ4n) is 10.6. The van der Waals surface area contributed by atoms with E-state index in [1.165, 1.54) is 64.2 Å². The lowest BCUT2D eigenvalue weighted by Gasteiger charge is -2.60. The highest BCUT2D eigenvalue weighted by atomic mass is 35.5. The Morgan fingerprint density at radius 1 is 1.03 bits per heavy atom. The smallest absolute Gasteiger partial charge is 0.321 e. The molecule has 0 bridgehead atoms. The van der Waals surface area contributed by atoms with Gasteiger partial charge in [0.2, 0.25) is 0 Å². The first-order valence-corrected chi connectivity index (χ1v) is 14.5. The van der Waals surface area contributed by atoms with Gasteiger partial charge in [-0.15, -0.1) is 11.6 Å². The van der Waals surface area contributed by atoms with Crippen molar-refractivity contribution in [3.8, 4) is 0 Å². The molecule has 0 aromatic heterocycles. The van der Waals surface area contributed by atoms with Crippen LogP contribution in [0.25, 0.3) is 0 Å². The monoisotopic (exact) mass is 462 g/mol. The van der Waals surface area contributed by atoms with Crippen molar-refractivity contribution < 1.29 is 9.53 Å². The summed E-state index contributed by atoms with van der Waals surface area (Å²) in [4.78, 5) is 12.3. The number of carbonyl (C=O) groups excluding carboxylic acids is 1. The summed E-state index contributed by atoms with van der Waals surface area (Å²) in [5, 5.41) is 0. The quantitative estimate of drug-likeness (QED) is 0.284. The highest BCUT2D eigenvalue weighted by molar-refractivity contribution is 6.26. The van der Waals surface area contributed by atoms with Crippen LogP contribution in [-0.2, 0) is 9.53 Å². The van der Waals surface area contributed by atoms with Crippen molar-refractivity contribution >= 4 is 17.6 Å². The zero-order valence-electron chi connectivity index (χ0n) is 21.3. The molecule has 0 saturated heterocycles. The molecular weight excluding hydrogens is 416 g/mol. The lowest BCUT2D eigenvalue weighted by molar-refractivity contribution is -0.182. The van der Waals surface area contributed by atoms with Gasteiger partial charge in [-0.3, -0.25) is 4.79 Å². The van der Waals surface area contributed by atoms with Crippen LogP contribution in [0.3, 0.4) is 0 Å². The number of hydrogen-bond donors (Lipinski definition) is 0. The molecule has 5 rings (SSSR count). The van der Waals surface area contributed by atoms with E-state index in [4.69, 9.17) is 16.3 Å². The molecular formula is C29H47ClO2. The van der Waals surface area contributed by atoms with E-state index in [2.05, 4.69) is 34.6 Å². The minimum absolute atomic E-state index is 0.000827. The molecule has 0 aromatic rings. The molecule has 0 radical (unpaired) electrons. The Balaban J connectivity index is 1.37. The third-order valence-electron chi connectivity index (χ3n) is 12.1. The Morgan fingerprint density at radius 2 is 1.81 bits per heavy atom. The third-order valence-corrected chi connectivity index (χ3v) is 12.3. The lowest BCUT2D eigenvalue weighted by Crippen LogP contribution is -2.57. The summed E-state index contributed by atoms with van der Waals surface area (Å²) in [6, 6.07) is 0. The van der Waals surface area contributed by atoms with E-state index >= 15 is 0 Å². The van der Waals surface area contributed by atoms with Gasteiger partial charge in [0.05, 0.1) is 0 Å². The predicted molar refractivity (Wildman–Crippen MR) is 131 cm³/mol. The van der Waals surface area contributed by atoms with E-state index in [-0.39, 0.29) is 23.4 Å². The highest BCUT2D eigenvalue weighted by Crippen LogP contribution is 2.82. The standard InChI is InChI=1S/C29H47ClO2/c1-18(2)7-6-8-19(3)22-9-10-23-21-15-25(32-26(31)17-30)29-16-20(29)11-14-28(29,5)24(21)12-13-27(22,23)4/h18-25H,6-17H2,1-5H3/t19?,20-,21?,22?,23?,24?,25?,27?,28?,29?/m1/s1. The van der Waals surface area contributed by atoms with Gasteiger partial charge >= 0.3 is 5.97 Å². The lowest BCUT2D eigenvalue weighted by atomic mass is 9.45. The van der Waals surface area contributed by atoms with Gasteiger partial charge in [0.1, 0.15) is 12.0 Å². The van der Waals surface area contributed by atoms with Gasteiger partial charge in [-0.05, 0) is 104 Å². The molecule has 5 saturated carbocycles. The number of esters is 1. The molecule has 5 aliphatic rings. The van der Waals surface area contributed by atoms with Crippen LogP contribution in [-0.4, -0.2) is 18.0 Å². The van der Waals surface area contributed by atoms with E-state index in [0.717, 1.165) is 47.8 Å². The average molecular weight is 463 g/mol. The number of alkyl halides is 1. The van der Waals surface area contributed by atoms with Crippen LogP contribution < -0.4 is 0 Å². The molecule has 5 fully saturated rings. The molecule has 10 atom stereocenters. The van der Waals surface area contributed by atoms with Gasteiger partial charge in [0, 0.05) is 5.41 Å². The maximum absolute atomic E-state index is 12.3. The molecule has 0 aromatic carbocycles. The Kier molecular flexibility index (Phi) is 6.00. The molecule has 0 aliphatic heterocycles. The maximum Gasteiger partial charge on any atom is 0.321 e. The van der Waals surface area contributed by atoms with Crippen LogP contribution in [0.4, 0.5) is 0 Å². The second-order valence-corrected chi connectivity index (χ2v) is 13.9. The van der Waals surface area contributed by atoms with E-state index in [1.807, 2.05) is 0 Å². The minimum atomic E-state index is -0.189. The number of rotatable bonds is 7. The first-order chi connectivity index (χ1) is 15.2. The SMILES string of the molecule is CC(C)CCCC(C)C1CCC2C3CC(OC(=O)CCl)C45C[C@H]4CCC5(C)C3CCC12C. The molecule has 2 nitrogen and oxygen atoms in total. The Morgan fingerprint density at radius 3 is 2.50 bits per heavy atom. The maximum atomic E-state index is 12.3. The second kappa shape index (κ2) is 8.17. The molecule has 32 heavy (non-hydrogen) atoms. The van der Waals surface area contributed by atoms with Crippen molar-refractivity contribution in [3.63, 3.8) is 0 Å². The second-order valence-electron chi connectivity index (χ2n) is 13.7. The molecule has 182 valence electrons. The largest absolute Gasteiger partial charge is 0.461 e. The van der Waals surface area contributed by atoms with Gasteiger partial charge in [-0.25, -0.2) is 0 Å². The Labute approximate surface area is 202 Å². The van der Waals surface area contributed by atoms with Gasteiger partial charge in [0.15, 0.2) is 0 Å². The van der Waals surface area contributed by atoms with Crippen LogP contribution in [0.15, 0.2) is 0 Å². The number of fused-ring (bicyclic) bond motifs is 4. The zero-order chi connectivity index (χ0) is 22.9. The molecule has 0 heterocycles.